The van der Waals surface area contributed by atoms with Crippen molar-refractivity contribution < 1.29 is 9.90 Å². The second kappa shape index (κ2) is 5.24. The Hall–Kier alpha value is -0.710. The standard InChI is InChI=1S/C15H18ClNO2S/c16-12-3-1-11(2-4-12)15(5-6-15)13(18)17-9-14(19)7-8-20-10-14/h1-4,19H,5-10H2,(H,17,18)/t14-/m1/s1. The van der Waals surface area contributed by atoms with Gasteiger partial charge in [-0.1, -0.05) is 23.7 Å². The number of hydrogen-bond donors (Lipinski definition) is 2. The fourth-order valence-corrected chi connectivity index (χ4v) is 4.11. The molecule has 0 bridgehead atoms. The SMILES string of the molecule is O=C(NC[C@]1(O)CCSC1)C1(c2ccc(Cl)cc2)CC1. The Morgan fingerprint density at radius 3 is 2.55 bits per heavy atom. The van der Waals surface area contributed by atoms with Gasteiger partial charge in [-0.15, -0.1) is 0 Å². The van der Waals surface area contributed by atoms with Gasteiger partial charge >= 0.3 is 0 Å². The largest absolute Gasteiger partial charge is 0.387 e. The lowest BCUT2D eigenvalue weighted by Gasteiger charge is -2.24. The van der Waals surface area contributed by atoms with Gasteiger partial charge in [-0.2, -0.15) is 11.8 Å². The van der Waals surface area contributed by atoms with Crippen molar-refractivity contribution in [1.29, 1.82) is 0 Å². The molecule has 1 atom stereocenters. The Morgan fingerprint density at radius 2 is 2.00 bits per heavy atom. The molecule has 1 heterocycles. The molecule has 2 fully saturated rings. The molecule has 0 aromatic heterocycles. The molecule has 3 rings (SSSR count). The second-order valence-corrected chi connectivity index (χ2v) is 7.34. The highest BCUT2D eigenvalue weighted by molar-refractivity contribution is 7.99. The average Bonchev–Trinajstić information content (AvgIpc) is 3.14. The Kier molecular flexibility index (Phi) is 3.73. The molecule has 0 radical (unpaired) electrons. The van der Waals surface area contributed by atoms with Crippen LogP contribution in [-0.4, -0.2) is 34.7 Å². The van der Waals surface area contributed by atoms with E-state index in [-0.39, 0.29) is 5.91 Å². The molecule has 1 saturated carbocycles. The van der Waals surface area contributed by atoms with Crippen molar-refractivity contribution in [3.05, 3.63) is 34.9 Å². The van der Waals surface area contributed by atoms with E-state index in [1.165, 1.54) is 0 Å². The molecule has 1 amide bonds. The summed E-state index contributed by atoms with van der Waals surface area (Å²) in [6.45, 7) is 0.355. The predicted octanol–water partition coefficient (Wildman–Crippen LogP) is 2.36. The maximum absolute atomic E-state index is 12.4. The molecule has 0 spiro atoms. The van der Waals surface area contributed by atoms with Gasteiger partial charge in [0, 0.05) is 17.3 Å². The van der Waals surface area contributed by atoms with Crippen LogP contribution in [0.15, 0.2) is 24.3 Å². The van der Waals surface area contributed by atoms with Gasteiger partial charge < -0.3 is 10.4 Å². The van der Waals surface area contributed by atoms with Crippen LogP contribution < -0.4 is 5.32 Å². The molecule has 2 aliphatic rings. The molecular formula is C15H18ClNO2S. The van der Waals surface area contributed by atoms with Crippen molar-refractivity contribution in [2.75, 3.05) is 18.1 Å². The van der Waals surface area contributed by atoms with E-state index >= 15 is 0 Å². The van der Waals surface area contributed by atoms with E-state index in [9.17, 15) is 9.90 Å². The molecule has 108 valence electrons. The first-order valence-corrected chi connectivity index (χ1v) is 8.42. The van der Waals surface area contributed by atoms with E-state index in [0.29, 0.717) is 17.3 Å². The number of thioether (sulfide) groups is 1. The van der Waals surface area contributed by atoms with Gasteiger partial charge in [0.15, 0.2) is 0 Å². The predicted molar refractivity (Wildman–Crippen MR) is 82.3 cm³/mol. The number of halogens is 1. The monoisotopic (exact) mass is 311 g/mol. The zero-order chi connectivity index (χ0) is 14.2. The Morgan fingerprint density at radius 1 is 1.30 bits per heavy atom. The minimum Gasteiger partial charge on any atom is -0.387 e. The van der Waals surface area contributed by atoms with E-state index in [1.54, 1.807) is 11.8 Å². The van der Waals surface area contributed by atoms with Gasteiger partial charge in [-0.25, -0.2) is 0 Å². The molecular weight excluding hydrogens is 294 g/mol. The number of benzene rings is 1. The fourth-order valence-electron chi connectivity index (χ4n) is 2.69. The summed E-state index contributed by atoms with van der Waals surface area (Å²) in [5.74, 6) is 1.71. The first kappa shape index (κ1) is 14.2. The molecule has 3 nitrogen and oxygen atoms in total. The molecule has 20 heavy (non-hydrogen) atoms. The van der Waals surface area contributed by atoms with Crippen molar-refractivity contribution in [3.8, 4) is 0 Å². The summed E-state index contributed by atoms with van der Waals surface area (Å²) in [5.41, 5.74) is -0.101. The van der Waals surface area contributed by atoms with Crippen LogP contribution in [0.25, 0.3) is 0 Å². The number of amides is 1. The van der Waals surface area contributed by atoms with Crippen LogP contribution in [0, 0.1) is 0 Å². The summed E-state index contributed by atoms with van der Waals surface area (Å²) in [6, 6.07) is 7.50. The van der Waals surface area contributed by atoms with Crippen molar-refractivity contribution in [3.63, 3.8) is 0 Å². The van der Waals surface area contributed by atoms with Crippen LogP contribution in [-0.2, 0) is 10.2 Å². The van der Waals surface area contributed by atoms with Crippen LogP contribution in [0.5, 0.6) is 0 Å². The Balaban J connectivity index is 1.66. The molecule has 5 heteroatoms. The van der Waals surface area contributed by atoms with Crippen molar-refractivity contribution in [2.45, 2.75) is 30.3 Å². The highest BCUT2D eigenvalue weighted by atomic mass is 35.5. The summed E-state index contributed by atoms with van der Waals surface area (Å²) in [6.07, 6.45) is 2.49. The highest BCUT2D eigenvalue weighted by Gasteiger charge is 2.51. The molecule has 0 unspecified atom stereocenters. The molecule has 1 aromatic rings. The molecule has 1 aliphatic heterocycles. The molecule has 1 aliphatic carbocycles. The van der Waals surface area contributed by atoms with Gasteiger partial charge in [-0.05, 0) is 42.7 Å². The number of aliphatic hydroxyl groups is 1. The summed E-state index contributed by atoms with van der Waals surface area (Å²) in [7, 11) is 0. The summed E-state index contributed by atoms with van der Waals surface area (Å²) in [4.78, 5) is 12.4. The lowest BCUT2D eigenvalue weighted by molar-refractivity contribution is -0.124. The molecule has 2 N–H and O–H groups in total. The maximum atomic E-state index is 12.4. The third-order valence-corrected chi connectivity index (χ3v) is 5.73. The normalized spacial score (nSPS) is 27.3. The van der Waals surface area contributed by atoms with Crippen LogP contribution in [0.2, 0.25) is 5.02 Å². The van der Waals surface area contributed by atoms with Gasteiger partial charge in [0.1, 0.15) is 0 Å². The third-order valence-electron chi connectivity index (χ3n) is 4.24. The van der Waals surface area contributed by atoms with Crippen molar-refractivity contribution in [1.82, 2.24) is 5.32 Å². The number of rotatable bonds is 4. The summed E-state index contributed by atoms with van der Waals surface area (Å²) in [5, 5.41) is 13.9. The van der Waals surface area contributed by atoms with Gasteiger partial charge in [0.05, 0.1) is 11.0 Å². The topological polar surface area (TPSA) is 49.3 Å². The van der Waals surface area contributed by atoms with Crippen LogP contribution >= 0.6 is 23.4 Å². The quantitative estimate of drug-likeness (QED) is 0.897. The maximum Gasteiger partial charge on any atom is 0.230 e. The lowest BCUT2D eigenvalue weighted by atomic mass is 9.94. The zero-order valence-corrected chi connectivity index (χ0v) is 12.8. The fraction of sp³-hybridized carbons (Fsp3) is 0.533. The first-order valence-electron chi connectivity index (χ1n) is 6.89. The molecule has 1 saturated heterocycles. The van der Waals surface area contributed by atoms with Crippen LogP contribution in [0.1, 0.15) is 24.8 Å². The number of hydrogen-bond acceptors (Lipinski definition) is 3. The summed E-state index contributed by atoms with van der Waals surface area (Å²) >= 11 is 7.63. The average molecular weight is 312 g/mol. The van der Waals surface area contributed by atoms with E-state index in [1.807, 2.05) is 24.3 Å². The highest BCUT2D eigenvalue weighted by Crippen LogP contribution is 2.48. The third kappa shape index (κ3) is 2.69. The smallest absolute Gasteiger partial charge is 0.230 e. The van der Waals surface area contributed by atoms with Crippen molar-refractivity contribution in [2.24, 2.45) is 0 Å². The first-order chi connectivity index (χ1) is 9.54. The van der Waals surface area contributed by atoms with Crippen LogP contribution in [0.4, 0.5) is 0 Å². The zero-order valence-electron chi connectivity index (χ0n) is 11.2. The van der Waals surface area contributed by atoms with Gasteiger partial charge in [0.25, 0.3) is 0 Å². The molecule has 1 aromatic carbocycles. The summed E-state index contributed by atoms with van der Waals surface area (Å²) < 4.78 is 0. The van der Waals surface area contributed by atoms with Crippen molar-refractivity contribution >= 4 is 29.3 Å². The Bertz CT molecular complexity index is 507. The number of nitrogens with one attached hydrogen (secondary N) is 1. The van der Waals surface area contributed by atoms with E-state index < -0.39 is 11.0 Å². The van der Waals surface area contributed by atoms with Gasteiger partial charge in [0.2, 0.25) is 5.91 Å². The Labute approximate surface area is 128 Å². The second-order valence-electron chi connectivity index (χ2n) is 5.80. The van der Waals surface area contributed by atoms with E-state index in [0.717, 1.165) is 30.6 Å². The minimum atomic E-state index is -0.726. The van der Waals surface area contributed by atoms with E-state index in [2.05, 4.69) is 5.32 Å². The lowest BCUT2D eigenvalue weighted by Crippen LogP contribution is -2.46. The van der Waals surface area contributed by atoms with Gasteiger partial charge in [-0.3, -0.25) is 4.79 Å². The number of carbonyl (C=O) groups is 1. The van der Waals surface area contributed by atoms with Crippen LogP contribution in [0.3, 0.4) is 0 Å². The minimum absolute atomic E-state index is 0.0325. The van der Waals surface area contributed by atoms with E-state index in [4.69, 9.17) is 11.6 Å². The number of carbonyl (C=O) groups excluding carboxylic acids is 1.